The Hall–Kier alpha value is -1.53. The van der Waals surface area contributed by atoms with Crippen molar-refractivity contribution in [2.24, 2.45) is 0 Å². The molecule has 6 heteroatoms. The number of halogens is 4. The van der Waals surface area contributed by atoms with Gasteiger partial charge in [-0.1, -0.05) is 22.0 Å². The van der Waals surface area contributed by atoms with Crippen LogP contribution < -0.4 is 5.32 Å². The van der Waals surface area contributed by atoms with E-state index >= 15 is 0 Å². The number of hydrogen-bond acceptors (Lipinski definition) is 1. The van der Waals surface area contributed by atoms with Gasteiger partial charge in [0.2, 0.25) is 0 Å². The summed E-state index contributed by atoms with van der Waals surface area (Å²) in [7, 11) is 0. The number of fused-ring (bicyclic) bond motifs is 1. The van der Waals surface area contributed by atoms with E-state index in [1.807, 2.05) is 13.0 Å². The van der Waals surface area contributed by atoms with Crippen molar-refractivity contribution in [3.05, 3.63) is 61.5 Å². The molecule has 3 rings (SSSR count). The number of amides is 1. The van der Waals surface area contributed by atoms with Gasteiger partial charge in [0.05, 0.1) is 11.3 Å². The molecule has 1 heterocycles. The minimum atomic E-state index is -0.708. The topological polar surface area (TPSA) is 29.1 Å². The number of carbonyl (C=O) groups is 1. The first kappa shape index (κ1) is 15.4. The molecule has 0 aliphatic carbocycles. The van der Waals surface area contributed by atoms with E-state index in [0.717, 1.165) is 22.2 Å². The predicted octanol–water partition coefficient (Wildman–Crippen LogP) is 5.29. The van der Waals surface area contributed by atoms with Gasteiger partial charge in [0.1, 0.15) is 11.6 Å². The Kier molecular flexibility index (Phi) is 3.91. The summed E-state index contributed by atoms with van der Waals surface area (Å²) in [5, 5.41) is 2.72. The predicted molar refractivity (Wildman–Crippen MR) is 89.4 cm³/mol. The smallest absolute Gasteiger partial charge is 0.256 e. The summed E-state index contributed by atoms with van der Waals surface area (Å²) in [5.74, 6) is -1.81. The highest BCUT2D eigenvalue weighted by Crippen LogP contribution is 2.43. The molecule has 2 aromatic rings. The first-order valence-electron chi connectivity index (χ1n) is 6.36. The van der Waals surface area contributed by atoms with E-state index in [1.165, 1.54) is 12.1 Å². The van der Waals surface area contributed by atoms with Crippen LogP contribution in [0, 0.1) is 18.6 Å². The van der Waals surface area contributed by atoms with Gasteiger partial charge in [0.25, 0.3) is 5.91 Å². The van der Waals surface area contributed by atoms with Crippen LogP contribution in [0.4, 0.5) is 14.5 Å². The van der Waals surface area contributed by atoms with Crippen molar-refractivity contribution in [1.29, 1.82) is 0 Å². The minimum absolute atomic E-state index is 0.226. The van der Waals surface area contributed by atoms with Crippen molar-refractivity contribution in [3.63, 3.8) is 0 Å². The Bertz CT molecular complexity index is 826. The Morgan fingerprint density at radius 1 is 1.14 bits per heavy atom. The van der Waals surface area contributed by atoms with Crippen molar-refractivity contribution in [1.82, 2.24) is 0 Å². The number of nitrogens with one attached hydrogen (secondary N) is 1. The average molecular weight is 429 g/mol. The first-order chi connectivity index (χ1) is 10.4. The SMILES string of the molecule is Cc1c(Br)cc(Br)c2c1C(=Cc1c(F)cccc1F)C(=O)N2. The molecule has 112 valence electrons. The van der Waals surface area contributed by atoms with Crippen LogP contribution in [0.15, 0.2) is 33.2 Å². The van der Waals surface area contributed by atoms with E-state index in [1.54, 1.807) is 0 Å². The summed E-state index contributed by atoms with van der Waals surface area (Å²) in [4.78, 5) is 12.2. The molecule has 0 radical (unpaired) electrons. The van der Waals surface area contributed by atoms with E-state index in [-0.39, 0.29) is 17.0 Å². The fourth-order valence-corrected chi connectivity index (χ4v) is 3.66. The lowest BCUT2D eigenvalue weighted by atomic mass is 9.99. The zero-order chi connectivity index (χ0) is 16.0. The van der Waals surface area contributed by atoms with Gasteiger partial charge in [-0.15, -0.1) is 0 Å². The molecule has 22 heavy (non-hydrogen) atoms. The lowest BCUT2D eigenvalue weighted by Crippen LogP contribution is -2.04. The van der Waals surface area contributed by atoms with E-state index in [2.05, 4.69) is 37.2 Å². The highest BCUT2D eigenvalue weighted by Gasteiger charge is 2.29. The van der Waals surface area contributed by atoms with Crippen LogP contribution in [0.2, 0.25) is 0 Å². The normalized spacial score (nSPS) is 15.1. The summed E-state index contributed by atoms with van der Waals surface area (Å²) in [6.45, 7) is 1.83. The van der Waals surface area contributed by atoms with Crippen molar-refractivity contribution < 1.29 is 13.6 Å². The van der Waals surface area contributed by atoms with Gasteiger partial charge in [-0.2, -0.15) is 0 Å². The molecule has 1 amide bonds. The van der Waals surface area contributed by atoms with E-state index in [4.69, 9.17) is 0 Å². The maximum Gasteiger partial charge on any atom is 0.256 e. The van der Waals surface area contributed by atoms with Crippen molar-refractivity contribution in [3.8, 4) is 0 Å². The summed E-state index contributed by atoms with van der Waals surface area (Å²) in [6, 6.07) is 5.43. The Morgan fingerprint density at radius 2 is 1.77 bits per heavy atom. The molecular weight excluding hydrogens is 420 g/mol. The fraction of sp³-hybridized carbons (Fsp3) is 0.0625. The standard InChI is InChI=1S/C16H9Br2F2NO/c1-7-10(17)6-11(18)15-14(7)9(16(22)21-15)5-8-12(19)3-2-4-13(8)20/h2-6H,1H3,(H,21,22). The lowest BCUT2D eigenvalue weighted by molar-refractivity contribution is -0.110. The maximum atomic E-state index is 13.8. The first-order valence-corrected chi connectivity index (χ1v) is 7.94. The molecule has 2 aromatic carbocycles. The number of hydrogen-bond donors (Lipinski definition) is 1. The van der Waals surface area contributed by atoms with Gasteiger partial charge in [0.15, 0.2) is 0 Å². The number of anilines is 1. The third kappa shape index (κ3) is 2.40. The maximum absolute atomic E-state index is 13.8. The van der Waals surface area contributed by atoms with Crippen LogP contribution in [0.5, 0.6) is 0 Å². The largest absolute Gasteiger partial charge is 0.320 e. The van der Waals surface area contributed by atoms with E-state index in [0.29, 0.717) is 15.7 Å². The average Bonchev–Trinajstić information content (AvgIpc) is 2.78. The summed E-state index contributed by atoms with van der Waals surface area (Å²) in [6.07, 6.45) is 1.25. The third-order valence-corrected chi connectivity index (χ3v) is 4.97. The van der Waals surface area contributed by atoms with Gasteiger partial charge in [0, 0.05) is 20.1 Å². The van der Waals surface area contributed by atoms with Crippen LogP contribution in [0.25, 0.3) is 11.6 Å². The van der Waals surface area contributed by atoms with Gasteiger partial charge < -0.3 is 5.32 Å². The zero-order valence-electron chi connectivity index (χ0n) is 11.3. The highest BCUT2D eigenvalue weighted by atomic mass is 79.9. The van der Waals surface area contributed by atoms with Gasteiger partial charge in [-0.05, 0) is 52.7 Å². The number of rotatable bonds is 1. The van der Waals surface area contributed by atoms with Crippen LogP contribution in [0.1, 0.15) is 16.7 Å². The second-order valence-corrected chi connectivity index (χ2v) is 6.57. The molecule has 0 aromatic heterocycles. The molecule has 0 saturated heterocycles. The van der Waals surface area contributed by atoms with E-state index in [9.17, 15) is 13.6 Å². The Labute approximate surface area is 142 Å². The molecule has 2 nitrogen and oxygen atoms in total. The van der Waals surface area contributed by atoms with Crippen LogP contribution in [0.3, 0.4) is 0 Å². The van der Waals surface area contributed by atoms with Crippen LogP contribution in [-0.4, -0.2) is 5.91 Å². The molecule has 0 spiro atoms. The third-order valence-electron chi connectivity index (χ3n) is 3.52. The second-order valence-electron chi connectivity index (χ2n) is 4.86. The summed E-state index contributed by atoms with van der Waals surface area (Å²) >= 11 is 6.80. The van der Waals surface area contributed by atoms with Crippen LogP contribution >= 0.6 is 31.9 Å². The summed E-state index contributed by atoms with van der Waals surface area (Å²) < 4.78 is 29.2. The fourth-order valence-electron chi connectivity index (χ4n) is 2.40. The van der Waals surface area contributed by atoms with Gasteiger partial charge >= 0.3 is 0 Å². The Morgan fingerprint density at radius 3 is 2.41 bits per heavy atom. The monoisotopic (exact) mass is 427 g/mol. The molecule has 0 fully saturated rings. The molecule has 0 atom stereocenters. The van der Waals surface area contributed by atoms with Crippen molar-refractivity contribution in [2.75, 3.05) is 5.32 Å². The molecule has 1 N–H and O–H groups in total. The van der Waals surface area contributed by atoms with Crippen molar-refractivity contribution >= 4 is 55.1 Å². The molecular formula is C16H9Br2F2NO. The molecule has 1 aliphatic heterocycles. The highest BCUT2D eigenvalue weighted by molar-refractivity contribution is 9.11. The van der Waals surface area contributed by atoms with Gasteiger partial charge in [-0.25, -0.2) is 8.78 Å². The Balaban J connectivity index is 2.28. The molecule has 0 unspecified atom stereocenters. The lowest BCUT2D eigenvalue weighted by Gasteiger charge is -2.08. The van der Waals surface area contributed by atoms with E-state index < -0.39 is 11.6 Å². The zero-order valence-corrected chi connectivity index (χ0v) is 14.5. The summed E-state index contributed by atoms with van der Waals surface area (Å²) in [5.41, 5.74) is 2.07. The quantitative estimate of drug-likeness (QED) is 0.614. The minimum Gasteiger partial charge on any atom is -0.320 e. The number of benzene rings is 2. The second kappa shape index (κ2) is 5.59. The number of carbonyl (C=O) groups excluding carboxylic acids is 1. The molecule has 0 saturated carbocycles. The molecule has 0 bridgehead atoms. The van der Waals surface area contributed by atoms with Crippen LogP contribution in [-0.2, 0) is 4.79 Å². The molecule has 1 aliphatic rings. The van der Waals surface area contributed by atoms with Gasteiger partial charge in [-0.3, -0.25) is 4.79 Å². The van der Waals surface area contributed by atoms with Crippen molar-refractivity contribution in [2.45, 2.75) is 6.92 Å².